The van der Waals surface area contributed by atoms with Crippen molar-refractivity contribution in [2.24, 2.45) is 0 Å². The zero-order valence-corrected chi connectivity index (χ0v) is 17.9. The van der Waals surface area contributed by atoms with Crippen LogP contribution < -0.4 is 10.9 Å². The van der Waals surface area contributed by atoms with Gasteiger partial charge >= 0.3 is 0 Å². The fraction of sp³-hybridized carbons (Fsp3) is 0.167. The second-order valence-corrected chi connectivity index (χ2v) is 8.23. The van der Waals surface area contributed by atoms with Gasteiger partial charge in [0.05, 0.1) is 29.7 Å². The zero-order chi connectivity index (χ0) is 21.6. The van der Waals surface area contributed by atoms with Gasteiger partial charge in [0.1, 0.15) is 0 Å². The number of thioether (sulfide) groups is 1. The number of aromatic nitrogens is 3. The van der Waals surface area contributed by atoms with E-state index in [9.17, 15) is 9.59 Å². The topological polar surface area (TPSA) is 76.9 Å². The van der Waals surface area contributed by atoms with Gasteiger partial charge in [-0.25, -0.2) is 4.68 Å². The summed E-state index contributed by atoms with van der Waals surface area (Å²) in [4.78, 5) is 30.9. The normalized spacial score (nSPS) is 10.9. The monoisotopic (exact) mass is 430 g/mol. The molecule has 2 aromatic carbocycles. The summed E-state index contributed by atoms with van der Waals surface area (Å²) in [5.74, 6) is 0.725. The van der Waals surface area contributed by atoms with Gasteiger partial charge in [-0.15, -0.1) is 11.8 Å². The quantitative estimate of drug-likeness (QED) is 0.450. The van der Waals surface area contributed by atoms with Crippen LogP contribution in [0.25, 0.3) is 10.8 Å². The van der Waals surface area contributed by atoms with E-state index in [2.05, 4.69) is 22.3 Å². The molecule has 0 fully saturated rings. The van der Waals surface area contributed by atoms with Crippen LogP contribution in [0.3, 0.4) is 0 Å². The number of carbonyl (C=O) groups excluding carboxylic acids is 1. The molecule has 1 N–H and O–H groups in total. The van der Waals surface area contributed by atoms with Gasteiger partial charge in [-0.3, -0.25) is 14.6 Å². The number of hydrogen-bond donors (Lipinski definition) is 1. The van der Waals surface area contributed by atoms with Crippen LogP contribution in [0.1, 0.15) is 28.5 Å². The molecule has 1 amide bonds. The average Bonchev–Trinajstić information content (AvgIpc) is 2.81. The Hall–Kier alpha value is -3.45. The minimum atomic E-state index is -0.167. The second kappa shape index (κ2) is 9.57. The summed E-state index contributed by atoms with van der Waals surface area (Å²) < 4.78 is 1.43. The number of nitrogens with zero attached hydrogens (tertiary/aromatic N) is 3. The molecule has 0 atom stereocenters. The predicted octanol–water partition coefficient (Wildman–Crippen LogP) is 3.88. The largest absolute Gasteiger partial charge is 0.346 e. The summed E-state index contributed by atoms with van der Waals surface area (Å²) >= 11 is 1.63. The number of pyridine rings is 1. The van der Waals surface area contributed by atoms with Crippen molar-refractivity contribution in [3.05, 3.63) is 100 Å². The molecule has 0 aliphatic carbocycles. The van der Waals surface area contributed by atoms with Crippen molar-refractivity contribution in [3.8, 4) is 0 Å². The zero-order valence-electron chi connectivity index (χ0n) is 17.1. The maximum Gasteiger partial charge on any atom is 0.274 e. The van der Waals surface area contributed by atoms with E-state index in [-0.39, 0.29) is 18.0 Å². The lowest BCUT2D eigenvalue weighted by Crippen LogP contribution is -2.29. The predicted molar refractivity (Wildman–Crippen MR) is 123 cm³/mol. The molecular formula is C24H22N4O2S. The summed E-state index contributed by atoms with van der Waals surface area (Å²) in [6, 6.07) is 18.6. The molecule has 0 aliphatic rings. The lowest BCUT2D eigenvalue weighted by Gasteiger charge is -2.13. The Morgan fingerprint density at radius 1 is 1.03 bits per heavy atom. The van der Waals surface area contributed by atoms with Gasteiger partial charge in [-0.1, -0.05) is 43.3 Å². The Kier molecular flexibility index (Phi) is 6.43. The summed E-state index contributed by atoms with van der Waals surface area (Å²) in [5.41, 5.74) is 2.00. The molecule has 6 nitrogen and oxygen atoms in total. The van der Waals surface area contributed by atoms with Crippen molar-refractivity contribution < 1.29 is 4.79 Å². The standard InChI is InChI=1S/C24H22N4O2S/c1-2-31-22-12-6-5-11-20(22)23(29)26-15-21-18-9-3-4-10-19(18)24(30)28(27-21)16-17-8-7-13-25-14-17/h3-14H,2,15-16H2,1H3,(H,26,29). The Balaban J connectivity index is 1.65. The first-order chi connectivity index (χ1) is 15.2. The first-order valence-electron chi connectivity index (χ1n) is 10.0. The maximum absolute atomic E-state index is 13.0. The Bertz CT molecular complexity index is 1270. The summed E-state index contributed by atoms with van der Waals surface area (Å²) in [6.07, 6.45) is 3.41. The molecule has 4 aromatic rings. The van der Waals surface area contributed by atoms with Gasteiger partial charge in [0, 0.05) is 22.7 Å². The lowest BCUT2D eigenvalue weighted by molar-refractivity contribution is 0.0947. The van der Waals surface area contributed by atoms with Crippen LogP contribution >= 0.6 is 11.8 Å². The first-order valence-corrected chi connectivity index (χ1v) is 11.0. The molecule has 0 unspecified atom stereocenters. The molecule has 7 heteroatoms. The highest BCUT2D eigenvalue weighted by atomic mass is 32.2. The first kappa shape index (κ1) is 20.8. The van der Waals surface area contributed by atoms with Gasteiger partial charge in [0.2, 0.25) is 0 Å². The van der Waals surface area contributed by atoms with Gasteiger partial charge < -0.3 is 5.32 Å². The van der Waals surface area contributed by atoms with E-state index in [0.29, 0.717) is 23.2 Å². The SMILES string of the molecule is CCSc1ccccc1C(=O)NCc1nn(Cc2cccnc2)c(=O)c2ccccc12. The number of amides is 1. The highest BCUT2D eigenvalue weighted by Gasteiger charge is 2.14. The fourth-order valence-corrected chi connectivity index (χ4v) is 4.20. The van der Waals surface area contributed by atoms with Crippen molar-refractivity contribution in [3.63, 3.8) is 0 Å². The van der Waals surface area contributed by atoms with E-state index in [1.165, 1.54) is 4.68 Å². The maximum atomic E-state index is 13.0. The summed E-state index contributed by atoms with van der Waals surface area (Å²) in [7, 11) is 0. The molecule has 31 heavy (non-hydrogen) atoms. The van der Waals surface area contributed by atoms with Crippen molar-refractivity contribution in [1.82, 2.24) is 20.1 Å². The average molecular weight is 431 g/mol. The van der Waals surface area contributed by atoms with Gasteiger partial charge in [0.15, 0.2) is 0 Å². The lowest BCUT2D eigenvalue weighted by atomic mass is 10.1. The van der Waals surface area contributed by atoms with Crippen molar-refractivity contribution in [2.45, 2.75) is 24.9 Å². The Labute approximate surface area is 184 Å². The molecule has 156 valence electrons. The number of nitrogens with one attached hydrogen (secondary N) is 1. The van der Waals surface area contributed by atoms with Gasteiger partial charge in [0.25, 0.3) is 11.5 Å². The molecule has 0 bridgehead atoms. The molecule has 0 saturated carbocycles. The van der Waals surface area contributed by atoms with Crippen LogP contribution in [0.5, 0.6) is 0 Å². The second-order valence-electron chi connectivity index (χ2n) is 6.93. The third-order valence-electron chi connectivity index (χ3n) is 4.85. The molecular weight excluding hydrogens is 408 g/mol. The highest BCUT2D eigenvalue weighted by molar-refractivity contribution is 7.99. The molecule has 4 rings (SSSR count). The van der Waals surface area contributed by atoms with Crippen molar-refractivity contribution >= 4 is 28.4 Å². The van der Waals surface area contributed by atoms with Crippen LogP contribution in [0.2, 0.25) is 0 Å². The molecule has 2 heterocycles. The third-order valence-corrected chi connectivity index (χ3v) is 5.80. The Morgan fingerprint density at radius 3 is 2.58 bits per heavy atom. The van der Waals surface area contributed by atoms with Crippen LogP contribution in [-0.2, 0) is 13.1 Å². The van der Waals surface area contributed by atoms with E-state index in [0.717, 1.165) is 21.6 Å². The molecule has 0 spiro atoms. The number of hydrogen-bond acceptors (Lipinski definition) is 5. The van der Waals surface area contributed by atoms with Gasteiger partial charge in [-0.2, -0.15) is 5.10 Å². The number of fused-ring (bicyclic) bond motifs is 1. The van der Waals surface area contributed by atoms with Crippen molar-refractivity contribution in [1.29, 1.82) is 0 Å². The summed E-state index contributed by atoms with van der Waals surface area (Å²) in [5, 5.41) is 8.87. The molecule has 0 aliphatic heterocycles. The van der Waals surface area contributed by atoms with Crippen LogP contribution in [0, 0.1) is 0 Å². The van der Waals surface area contributed by atoms with E-state index >= 15 is 0 Å². The van der Waals surface area contributed by atoms with Crippen LogP contribution in [0.4, 0.5) is 0 Å². The summed E-state index contributed by atoms with van der Waals surface area (Å²) in [6.45, 7) is 2.59. The van der Waals surface area contributed by atoms with Gasteiger partial charge in [-0.05, 0) is 35.6 Å². The van der Waals surface area contributed by atoms with Crippen molar-refractivity contribution in [2.75, 3.05) is 5.75 Å². The molecule has 2 aromatic heterocycles. The number of benzene rings is 2. The van der Waals surface area contributed by atoms with E-state index in [4.69, 9.17) is 0 Å². The third kappa shape index (κ3) is 4.67. The Morgan fingerprint density at radius 2 is 1.81 bits per heavy atom. The smallest absolute Gasteiger partial charge is 0.274 e. The van der Waals surface area contributed by atoms with E-state index in [1.807, 2.05) is 54.6 Å². The highest BCUT2D eigenvalue weighted by Crippen LogP contribution is 2.22. The molecule has 0 radical (unpaired) electrons. The van der Waals surface area contributed by atoms with E-state index in [1.54, 1.807) is 30.2 Å². The fourth-order valence-electron chi connectivity index (χ4n) is 3.40. The number of rotatable bonds is 7. The van der Waals surface area contributed by atoms with Crippen LogP contribution in [0.15, 0.2) is 82.7 Å². The molecule has 0 saturated heterocycles. The number of carbonyl (C=O) groups is 1. The van der Waals surface area contributed by atoms with E-state index < -0.39 is 0 Å². The minimum Gasteiger partial charge on any atom is -0.346 e. The minimum absolute atomic E-state index is 0.160. The van der Waals surface area contributed by atoms with Crippen LogP contribution in [-0.4, -0.2) is 26.4 Å².